The lowest BCUT2D eigenvalue weighted by Gasteiger charge is -2.50. The molecule has 0 aromatic heterocycles. The monoisotopic (exact) mass is 324 g/mol. The predicted molar refractivity (Wildman–Crippen MR) is 84.9 cm³/mol. The molecular formula is C17H28N2O4. The summed E-state index contributed by atoms with van der Waals surface area (Å²) in [6.45, 7) is 6.57. The van der Waals surface area contributed by atoms with E-state index in [0.717, 1.165) is 45.4 Å². The minimum atomic E-state index is -0.222. The number of rotatable bonds is 6. The van der Waals surface area contributed by atoms with Gasteiger partial charge in [0.15, 0.2) is 0 Å². The van der Waals surface area contributed by atoms with Crippen molar-refractivity contribution in [3.05, 3.63) is 0 Å². The van der Waals surface area contributed by atoms with E-state index in [1.165, 1.54) is 0 Å². The Morgan fingerprint density at radius 3 is 2.61 bits per heavy atom. The maximum atomic E-state index is 12.0. The highest BCUT2D eigenvalue weighted by Crippen LogP contribution is 2.40. The highest BCUT2D eigenvalue weighted by atomic mass is 16.5. The van der Waals surface area contributed by atoms with E-state index in [-0.39, 0.29) is 24.0 Å². The topological polar surface area (TPSA) is 59.1 Å². The van der Waals surface area contributed by atoms with Gasteiger partial charge in [0.25, 0.3) is 0 Å². The van der Waals surface area contributed by atoms with Gasteiger partial charge in [-0.1, -0.05) is 6.92 Å². The first-order chi connectivity index (χ1) is 11.1. The Morgan fingerprint density at radius 1 is 1.17 bits per heavy atom. The molecule has 0 aromatic rings. The Bertz CT molecular complexity index is 442. The average molecular weight is 324 g/mol. The summed E-state index contributed by atoms with van der Waals surface area (Å²) in [4.78, 5) is 27.7. The van der Waals surface area contributed by atoms with E-state index in [9.17, 15) is 9.59 Å². The van der Waals surface area contributed by atoms with Crippen LogP contribution < -0.4 is 0 Å². The standard InChI is InChI=1S/C17H28N2O4/c1-2-5-15(20)19-12-17(13-19)14(6-9-23-17)10-22-11-16(21)18-7-3-4-8-18/h14H,2-13H2,1H3. The third kappa shape index (κ3) is 3.53. The van der Waals surface area contributed by atoms with Crippen LogP contribution in [0.1, 0.15) is 39.0 Å². The van der Waals surface area contributed by atoms with Gasteiger partial charge in [0.1, 0.15) is 12.2 Å². The van der Waals surface area contributed by atoms with Gasteiger partial charge >= 0.3 is 0 Å². The van der Waals surface area contributed by atoms with Crippen LogP contribution in [0.25, 0.3) is 0 Å². The summed E-state index contributed by atoms with van der Waals surface area (Å²) in [5, 5.41) is 0. The van der Waals surface area contributed by atoms with Crippen molar-refractivity contribution in [3.8, 4) is 0 Å². The highest BCUT2D eigenvalue weighted by Gasteiger charge is 2.54. The molecule has 3 rings (SSSR count). The summed E-state index contributed by atoms with van der Waals surface area (Å²) >= 11 is 0. The van der Waals surface area contributed by atoms with Gasteiger partial charge in [-0.2, -0.15) is 0 Å². The van der Waals surface area contributed by atoms with Gasteiger partial charge in [0, 0.05) is 32.0 Å². The molecule has 0 radical (unpaired) electrons. The van der Waals surface area contributed by atoms with Gasteiger partial charge in [-0.25, -0.2) is 0 Å². The highest BCUT2D eigenvalue weighted by molar-refractivity contribution is 5.78. The minimum absolute atomic E-state index is 0.101. The molecule has 3 heterocycles. The maximum absolute atomic E-state index is 12.0. The Morgan fingerprint density at radius 2 is 1.91 bits per heavy atom. The van der Waals surface area contributed by atoms with E-state index in [1.54, 1.807) is 0 Å². The van der Waals surface area contributed by atoms with Crippen LogP contribution in [-0.4, -0.2) is 73.2 Å². The third-order valence-corrected chi connectivity index (χ3v) is 5.34. The molecule has 3 fully saturated rings. The summed E-state index contributed by atoms with van der Waals surface area (Å²) in [5.41, 5.74) is -0.222. The quantitative estimate of drug-likeness (QED) is 0.732. The van der Waals surface area contributed by atoms with Gasteiger partial charge in [0.05, 0.1) is 19.7 Å². The first-order valence-electron chi connectivity index (χ1n) is 8.92. The number of likely N-dealkylation sites (tertiary alicyclic amines) is 2. The Hall–Kier alpha value is -1.14. The SMILES string of the molecule is CCCC(=O)N1CC2(C1)OCCC2COCC(=O)N1CCCC1. The van der Waals surface area contributed by atoms with Crippen molar-refractivity contribution < 1.29 is 19.1 Å². The fourth-order valence-corrected chi connectivity index (χ4v) is 3.86. The molecule has 1 spiro atoms. The molecule has 1 unspecified atom stereocenters. The van der Waals surface area contributed by atoms with Crippen molar-refractivity contribution in [2.24, 2.45) is 5.92 Å². The fraction of sp³-hybridized carbons (Fsp3) is 0.882. The minimum Gasteiger partial charge on any atom is -0.371 e. The zero-order chi connectivity index (χ0) is 16.3. The Labute approximate surface area is 138 Å². The molecule has 0 bridgehead atoms. The van der Waals surface area contributed by atoms with Gasteiger partial charge in [-0.3, -0.25) is 9.59 Å². The molecule has 2 amide bonds. The second kappa shape index (κ2) is 7.18. The van der Waals surface area contributed by atoms with E-state index >= 15 is 0 Å². The van der Waals surface area contributed by atoms with Crippen molar-refractivity contribution >= 4 is 11.8 Å². The smallest absolute Gasteiger partial charge is 0.248 e. The van der Waals surface area contributed by atoms with Gasteiger partial charge in [0.2, 0.25) is 11.8 Å². The van der Waals surface area contributed by atoms with Crippen molar-refractivity contribution in [1.29, 1.82) is 0 Å². The van der Waals surface area contributed by atoms with E-state index < -0.39 is 0 Å². The van der Waals surface area contributed by atoms with Crippen LogP contribution in [0.3, 0.4) is 0 Å². The number of hydrogen-bond acceptors (Lipinski definition) is 4. The molecular weight excluding hydrogens is 296 g/mol. The third-order valence-electron chi connectivity index (χ3n) is 5.34. The molecule has 23 heavy (non-hydrogen) atoms. The molecule has 130 valence electrons. The lowest BCUT2D eigenvalue weighted by molar-refractivity contribution is -0.169. The number of carbonyl (C=O) groups is 2. The first kappa shape index (κ1) is 16.7. The van der Waals surface area contributed by atoms with Crippen LogP contribution >= 0.6 is 0 Å². The van der Waals surface area contributed by atoms with Crippen LogP contribution in [0.5, 0.6) is 0 Å². The van der Waals surface area contributed by atoms with Crippen LogP contribution in [0.2, 0.25) is 0 Å². The summed E-state index contributed by atoms with van der Waals surface area (Å²) in [7, 11) is 0. The van der Waals surface area contributed by atoms with Crippen molar-refractivity contribution in [1.82, 2.24) is 9.80 Å². The van der Waals surface area contributed by atoms with E-state index in [2.05, 4.69) is 0 Å². The van der Waals surface area contributed by atoms with Crippen LogP contribution in [0.4, 0.5) is 0 Å². The lowest BCUT2D eigenvalue weighted by Crippen LogP contribution is -2.66. The molecule has 0 aliphatic carbocycles. The van der Waals surface area contributed by atoms with Gasteiger partial charge in [-0.05, 0) is 25.7 Å². The van der Waals surface area contributed by atoms with E-state index in [0.29, 0.717) is 32.0 Å². The molecule has 0 N–H and O–H groups in total. The molecule has 6 nitrogen and oxygen atoms in total. The van der Waals surface area contributed by atoms with Crippen LogP contribution in [0.15, 0.2) is 0 Å². The van der Waals surface area contributed by atoms with Crippen molar-refractivity contribution in [2.75, 3.05) is 46.0 Å². The van der Waals surface area contributed by atoms with Crippen LogP contribution in [0, 0.1) is 5.92 Å². The molecule has 0 aromatic carbocycles. The first-order valence-corrected chi connectivity index (χ1v) is 8.92. The molecule has 6 heteroatoms. The normalized spacial score (nSPS) is 25.9. The van der Waals surface area contributed by atoms with Crippen LogP contribution in [-0.2, 0) is 19.1 Å². The zero-order valence-electron chi connectivity index (χ0n) is 14.1. The number of nitrogens with zero attached hydrogens (tertiary/aromatic N) is 2. The number of ether oxygens (including phenoxy) is 2. The second-order valence-corrected chi connectivity index (χ2v) is 7.00. The lowest BCUT2D eigenvalue weighted by atomic mass is 9.81. The molecule has 3 aliphatic heterocycles. The molecule has 1 atom stereocenters. The summed E-state index contributed by atoms with van der Waals surface area (Å²) in [6, 6.07) is 0. The largest absolute Gasteiger partial charge is 0.371 e. The van der Waals surface area contributed by atoms with Gasteiger partial charge < -0.3 is 19.3 Å². The predicted octanol–water partition coefficient (Wildman–Crippen LogP) is 1.04. The Kier molecular flexibility index (Phi) is 5.21. The van der Waals surface area contributed by atoms with E-state index in [1.807, 2.05) is 16.7 Å². The average Bonchev–Trinajstić information content (AvgIpc) is 3.15. The Balaban J connectivity index is 1.41. The zero-order valence-corrected chi connectivity index (χ0v) is 14.1. The van der Waals surface area contributed by atoms with Gasteiger partial charge in [-0.15, -0.1) is 0 Å². The molecule has 0 saturated carbocycles. The molecule has 3 aliphatic rings. The summed E-state index contributed by atoms with van der Waals surface area (Å²) < 4.78 is 11.6. The number of hydrogen-bond donors (Lipinski definition) is 0. The van der Waals surface area contributed by atoms with E-state index in [4.69, 9.17) is 9.47 Å². The van der Waals surface area contributed by atoms with Crippen molar-refractivity contribution in [2.45, 2.75) is 44.6 Å². The molecule has 3 saturated heterocycles. The van der Waals surface area contributed by atoms with Crippen molar-refractivity contribution in [3.63, 3.8) is 0 Å². The summed E-state index contributed by atoms with van der Waals surface area (Å²) in [5.74, 6) is 0.612. The second-order valence-electron chi connectivity index (χ2n) is 7.00. The fourth-order valence-electron chi connectivity index (χ4n) is 3.86. The number of carbonyl (C=O) groups excluding carboxylic acids is 2. The number of amides is 2. The summed E-state index contributed by atoms with van der Waals surface area (Å²) in [6.07, 6.45) is 4.66. The maximum Gasteiger partial charge on any atom is 0.248 e.